The summed E-state index contributed by atoms with van der Waals surface area (Å²) in [6.45, 7) is 2.25. The average molecular weight is 268 g/mol. The molecule has 1 aliphatic carbocycles. The minimum Gasteiger partial charge on any atom is -0.466 e. The molecular formula is C14H18ClNO2. The summed E-state index contributed by atoms with van der Waals surface area (Å²) < 4.78 is 5.01. The first kappa shape index (κ1) is 13.4. The molecule has 0 spiro atoms. The first-order valence-electron chi connectivity index (χ1n) is 6.36. The summed E-state index contributed by atoms with van der Waals surface area (Å²) in [5, 5.41) is 4.18. The smallest absolute Gasteiger partial charge is 0.307 e. The Balaban J connectivity index is 2.03. The Labute approximate surface area is 112 Å². The second-order valence-corrected chi connectivity index (χ2v) is 4.99. The van der Waals surface area contributed by atoms with Crippen molar-refractivity contribution in [1.82, 2.24) is 5.32 Å². The van der Waals surface area contributed by atoms with Crippen molar-refractivity contribution in [3.63, 3.8) is 0 Å². The molecule has 1 aromatic carbocycles. The number of nitrogens with one attached hydrogen (secondary N) is 1. The van der Waals surface area contributed by atoms with Gasteiger partial charge in [-0.1, -0.05) is 23.7 Å². The third kappa shape index (κ3) is 4.00. The molecule has 98 valence electrons. The molecule has 0 aliphatic heterocycles. The van der Waals surface area contributed by atoms with Crippen LogP contribution in [-0.2, 0) is 9.53 Å². The van der Waals surface area contributed by atoms with Crippen molar-refractivity contribution in [3.8, 4) is 0 Å². The number of rotatable bonds is 6. The predicted octanol–water partition coefficient (Wildman–Crippen LogP) is 3.09. The normalized spacial score (nSPS) is 16.3. The van der Waals surface area contributed by atoms with E-state index in [0.29, 0.717) is 24.1 Å². The van der Waals surface area contributed by atoms with Gasteiger partial charge in [-0.25, -0.2) is 0 Å². The monoisotopic (exact) mass is 267 g/mol. The van der Waals surface area contributed by atoms with Crippen molar-refractivity contribution in [2.45, 2.75) is 38.3 Å². The lowest BCUT2D eigenvalue weighted by Gasteiger charge is -2.18. The van der Waals surface area contributed by atoms with Gasteiger partial charge in [-0.2, -0.15) is 0 Å². The van der Waals surface area contributed by atoms with E-state index < -0.39 is 0 Å². The van der Waals surface area contributed by atoms with Gasteiger partial charge >= 0.3 is 5.97 Å². The SMILES string of the molecule is CCOC(=O)C[C@@H](NC1CC1)c1ccc(Cl)cc1. The van der Waals surface area contributed by atoms with Crippen LogP contribution >= 0.6 is 11.6 Å². The zero-order chi connectivity index (χ0) is 13.0. The van der Waals surface area contributed by atoms with Gasteiger partial charge in [-0.05, 0) is 37.5 Å². The molecule has 1 aromatic rings. The minimum atomic E-state index is -0.161. The molecule has 2 rings (SSSR count). The highest BCUT2D eigenvalue weighted by Gasteiger charge is 2.27. The van der Waals surface area contributed by atoms with Gasteiger partial charge in [-0.15, -0.1) is 0 Å². The summed E-state index contributed by atoms with van der Waals surface area (Å²) in [4.78, 5) is 11.6. The van der Waals surface area contributed by atoms with Gasteiger partial charge < -0.3 is 10.1 Å². The largest absolute Gasteiger partial charge is 0.466 e. The Morgan fingerprint density at radius 2 is 2.11 bits per heavy atom. The topological polar surface area (TPSA) is 38.3 Å². The molecule has 1 fully saturated rings. The van der Waals surface area contributed by atoms with Crippen LogP contribution in [-0.4, -0.2) is 18.6 Å². The van der Waals surface area contributed by atoms with Gasteiger partial charge in [0.25, 0.3) is 0 Å². The Hall–Kier alpha value is -1.06. The van der Waals surface area contributed by atoms with Crippen LogP contribution in [0.2, 0.25) is 5.02 Å². The lowest BCUT2D eigenvalue weighted by molar-refractivity contribution is -0.143. The van der Waals surface area contributed by atoms with Crippen LogP contribution < -0.4 is 5.32 Å². The van der Waals surface area contributed by atoms with Crippen LogP contribution in [0.3, 0.4) is 0 Å². The molecule has 0 heterocycles. The molecule has 0 bridgehead atoms. The van der Waals surface area contributed by atoms with Gasteiger partial charge in [0, 0.05) is 17.1 Å². The zero-order valence-electron chi connectivity index (χ0n) is 10.5. The van der Waals surface area contributed by atoms with E-state index in [1.807, 2.05) is 31.2 Å². The number of ether oxygens (including phenoxy) is 1. The summed E-state index contributed by atoms with van der Waals surface area (Å²) in [5.74, 6) is -0.161. The quantitative estimate of drug-likeness (QED) is 0.805. The maximum atomic E-state index is 11.6. The minimum absolute atomic E-state index is 0.0221. The zero-order valence-corrected chi connectivity index (χ0v) is 11.2. The number of halogens is 1. The molecule has 1 atom stereocenters. The van der Waals surface area contributed by atoms with Crippen LogP contribution in [0.25, 0.3) is 0 Å². The van der Waals surface area contributed by atoms with E-state index in [0.717, 1.165) is 5.56 Å². The first-order valence-corrected chi connectivity index (χ1v) is 6.74. The number of carbonyl (C=O) groups excluding carboxylic acids is 1. The van der Waals surface area contributed by atoms with Crippen molar-refractivity contribution in [1.29, 1.82) is 0 Å². The fraction of sp³-hybridized carbons (Fsp3) is 0.500. The fourth-order valence-electron chi connectivity index (χ4n) is 1.89. The van der Waals surface area contributed by atoms with Crippen LogP contribution in [0.4, 0.5) is 0 Å². The summed E-state index contributed by atoms with van der Waals surface area (Å²) >= 11 is 5.88. The number of carbonyl (C=O) groups is 1. The van der Waals surface area contributed by atoms with Crippen LogP contribution in [0, 0.1) is 0 Å². The van der Waals surface area contributed by atoms with Crippen molar-refractivity contribution < 1.29 is 9.53 Å². The van der Waals surface area contributed by atoms with E-state index in [1.54, 1.807) is 0 Å². The third-order valence-electron chi connectivity index (χ3n) is 2.96. The Kier molecular flexibility index (Phi) is 4.61. The third-order valence-corrected chi connectivity index (χ3v) is 3.21. The van der Waals surface area contributed by atoms with E-state index in [4.69, 9.17) is 16.3 Å². The molecule has 0 radical (unpaired) electrons. The first-order chi connectivity index (χ1) is 8.69. The molecular weight excluding hydrogens is 250 g/mol. The molecule has 0 amide bonds. The fourth-order valence-corrected chi connectivity index (χ4v) is 2.02. The van der Waals surface area contributed by atoms with Crippen LogP contribution in [0.1, 0.15) is 37.8 Å². The molecule has 0 aromatic heterocycles. The van der Waals surface area contributed by atoms with Crippen molar-refractivity contribution in [3.05, 3.63) is 34.9 Å². The predicted molar refractivity (Wildman–Crippen MR) is 71.6 cm³/mol. The van der Waals surface area contributed by atoms with Crippen molar-refractivity contribution in [2.75, 3.05) is 6.61 Å². The number of benzene rings is 1. The molecule has 3 nitrogen and oxygen atoms in total. The van der Waals surface area contributed by atoms with Gasteiger partial charge in [0.2, 0.25) is 0 Å². The second kappa shape index (κ2) is 6.21. The van der Waals surface area contributed by atoms with E-state index in [-0.39, 0.29) is 12.0 Å². The Bertz CT molecular complexity index is 401. The number of hydrogen-bond donors (Lipinski definition) is 1. The van der Waals surface area contributed by atoms with Gasteiger partial charge in [0.15, 0.2) is 0 Å². The molecule has 4 heteroatoms. The van der Waals surface area contributed by atoms with Crippen molar-refractivity contribution >= 4 is 17.6 Å². The molecule has 1 N–H and O–H groups in total. The highest BCUT2D eigenvalue weighted by molar-refractivity contribution is 6.30. The van der Waals surface area contributed by atoms with E-state index in [1.165, 1.54) is 12.8 Å². The molecule has 0 unspecified atom stereocenters. The van der Waals surface area contributed by atoms with E-state index in [9.17, 15) is 4.79 Å². The Morgan fingerprint density at radius 1 is 1.44 bits per heavy atom. The highest BCUT2D eigenvalue weighted by atomic mass is 35.5. The maximum Gasteiger partial charge on any atom is 0.307 e. The summed E-state index contributed by atoms with van der Waals surface area (Å²) in [6, 6.07) is 8.19. The second-order valence-electron chi connectivity index (χ2n) is 4.55. The molecule has 18 heavy (non-hydrogen) atoms. The lowest BCUT2D eigenvalue weighted by atomic mass is 10.0. The van der Waals surface area contributed by atoms with Gasteiger partial charge in [-0.3, -0.25) is 4.79 Å². The maximum absolute atomic E-state index is 11.6. The summed E-state index contributed by atoms with van der Waals surface area (Å²) in [5.41, 5.74) is 1.08. The lowest BCUT2D eigenvalue weighted by Crippen LogP contribution is -2.26. The van der Waals surface area contributed by atoms with Gasteiger partial charge in [0.1, 0.15) is 0 Å². The standard InChI is InChI=1S/C14H18ClNO2/c1-2-18-14(17)9-13(16-12-7-8-12)10-3-5-11(15)6-4-10/h3-6,12-13,16H,2,7-9H2,1H3/t13-/m1/s1. The molecule has 0 saturated heterocycles. The highest BCUT2D eigenvalue weighted by Crippen LogP contribution is 2.27. The molecule has 1 aliphatic rings. The van der Waals surface area contributed by atoms with E-state index >= 15 is 0 Å². The van der Waals surface area contributed by atoms with E-state index in [2.05, 4.69) is 5.32 Å². The van der Waals surface area contributed by atoms with Crippen LogP contribution in [0.5, 0.6) is 0 Å². The van der Waals surface area contributed by atoms with Crippen molar-refractivity contribution in [2.24, 2.45) is 0 Å². The summed E-state index contributed by atoms with van der Waals surface area (Å²) in [6.07, 6.45) is 2.74. The number of esters is 1. The Morgan fingerprint density at radius 3 is 2.67 bits per heavy atom. The summed E-state index contributed by atoms with van der Waals surface area (Å²) in [7, 11) is 0. The average Bonchev–Trinajstić information content (AvgIpc) is 3.13. The molecule has 1 saturated carbocycles. The number of hydrogen-bond acceptors (Lipinski definition) is 3. The van der Waals surface area contributed by atoms with Gasteiger partial charge in [0.05, 0.1) is 13.0 Å². The van der Waals surface area contributed by atoms with Crippen LogP contribution in [0.15, 0.2) is 24.3 Å².